The number of rotatable bonds is 29. The number of ether oxygens (including phenoxy) is 13. The van der Waals surface area contributed by atoms with Gasteiger partial charge in [-0.3, -0.25) is 0 Å². The molecule has 0 amide bonds. The molecule has 3 atom stereocenters. The van der Waals surface area contributed by atoms with E-state index in [2.05, 4.69) is 18.9 Å². The molecule has 4 aromatic rings. The Balaban J connectivity index is 1.15. The number of carbonyl (C=O) groups excluding carboxylic acids is 2. The topological polar surface area (TPSA) is 157 Å². The van der Waals surface area contributed by atoms with Crippen molar-refractivity contribution in [1.29, 1.82) is 0 Å². The van der Waals surface area contributed by atoms with Gasteiger partial charge in [-0.15, -0.1) is 0 Å². The molecule has 1 aliphatic heterocycles. The van der Waals surface area contributed by atoms with Crippen molar-refractivity contribution in [3.63, 3.8) is 0 Å². The van der Waals surface area contributed by atoms with Crippen LogP contribution in [0.4, 0.5) is 0 Å². The van der Waals surface area contributed by atoms with E-state index in [-0.39, 0.29) is 25.2 Å². The lowest BCUT2D eigenvalue weighted by molar-refractivity contribution is -0.941. The van der Waals surface area contributed by atoms with Gasteiger partial charge in [-0.25, -0.2) is 9.59 Å². The molecule has 0 aliphatic carbocycles. The Morgan fingerprint density at radius 3 is 1.68 bits per heavy atom. The zero-order valence-corrected chi connectivity index (χ0v) is 45.4. The Bertz CT molecular complexity index is 2490. The number of hydrogen-bond donors (Lipinski definition) is 0. The molecule has 17 nitrogen and oxygen atoms in total. The van der Waals surface area contributed by atoms with Gasteiger partial charge in [-0.1, -0.05) is 13.0 Å². The van der Waals surface area contributed by atoms with Gasteiger partial charge in [-0.2, -0.15) is 0 Å². The lowest BCUT2D eigenvalue weighted by atomic mass is 9.85. The Labute approximate surface area is 431 Å². The van der Waals surface area contributed by atoms with E-state index in [0.29, 0.717) is 119 Å². The van der Waals surface area contributed by atoms with E-state index in [9.17, 15) is 9.59 Å². The van der Waals surface area contributed by atoms with E-state index in [0.717, 1.165) is 58.5 Å². The number of carbonyl (C=O) groups is 2. The third-order valence-corrected chi connectivity index (χ3v) is 13.6. The number of esters is 2. The number of hydrogen-bond acceptors (Lipinski definition) is 16. The number of nitrogens with zero attached hydrogens (tertiary/aromatic N) is 2. The Morgan fingerprint density at radius 2 is 1.12 bits per heavy atom. The van der Waals surface area contributed by atoms with Crippen molar-refractivity contribution in [2.75, 3.05) is 132 Å². The fraction of sp³-hybridized carbons (Fsp3) is 0.500. The monoisotopic (exact) mass is 1020 g/mol. The number of fused-ring (bicyclic) bond motifs is 1. The van der Waals surface area contributed by atoms with E-state index < -0.39 is 11.9 Å². The second-order valence-corrected chi connectivity index (χ2v) is 18.1. The van der Waals surface area contributed by atoms with Gasteiger partial charge in [0.15, 0.2) is 46.0 Å². The number of quaternary nitrogens is 1. The second-order valence-electron chi connectivity index (χ2n) is 18.1. The van der Waals surface area contributed by atoms with Crippen LogP contribution in [0.25, 0.3) is 0 Å². The third kappa shape index (κ3) is 13.9. The molecule has 1 heterocycles. The van der Waals surface area contributed by atoms with E-state index in [4.69, 9.17) is 61.6 Å². The normalized spacial score (nSPS) is 15.5. The third-order valence-electron chi connectivity index (χ3n) is 13.6. The molecule has 73 heavy (non-hydrogen) atoms. The first-order chi connectivity index (χ1) is 35.2. The smallest absolute Gasteiger partial charge is 0.331 e. The van der Waals surface area contributed by atoms with E-state index >= 15 is 0 Å². The fourth-order valence-corrected chi connectivity index (χ4v) is 9.91. The lowest BCUT2D eigenvalue weighted by Crippen LogP contribution is -2.52. The van der Waals surface area contributed by atoms with Crippen molar-refractivity contribution in [2.24, 2.45) is 0 Å². The molecule has 0 spiro atoms. The van der Waals surface area contributed by atoms with Crippen LogP contribution in [0, 0.1) is 0 Å². The first-order valence-electron chi connectivity index (χ1n) is 24.4. The summed E-state index contributed by atoms with van der Waals surface area (Å²) < 4.78 is 74.8. The largest absolute Gasteiger partial charge is 0.493 e. The zero-order chi connectivity index (χ0) is 53.2. The highest BCUT2D eigenvalue weighted by atomic mass is 16.6. The van der Waals surface area contributed by atoms with Crippen LogP contribution in [-0.4, -0.2) is 153 Å². The minimum absolute atomic E-state index is 0.0444. The van der Waals surface area contributed by atoms with Crippen LogP contribution in [0.15, 0.2) is 54.6 Å². The summed E-state index contributed by atoms with van der Waals surface area (Å²) in [7, 11) is 22.0. The van der Waals surface area contributed by atoms with Gasteiger partial charge in [0.2, 0.25) is 17.2 Å². The average Bonchev–Trinajstić information content (AvgIpc) is 3.41. The summed E-state index contributed by atoms with van der Waals surface area (Å²) in [5, 5.41) is 0. The number of benzene rings is 4. The number of likely N-dealkylation sites (N-methyl/N-ethyl adjacent to an activating group) is 2. The van der Waals surface area contributed by atoms with Gasteiger partial charge < -0.3 is 71.0 Å². The van der Waals surface area contributed by atoms with Gasteiger partial charge in [-0.05, 0) is 90.9 Å². The van der Waals surface area contributed by atoms with Gasteiger partial charge >= 0.3 is 11.9 Å². The van der Waals surface area contributed by atoms with Crippen molar-refractivity contribution >= 4 is 11.9 Å². The highest BCUT2D eigenvalue weighted by Crippen LogP contribution is 2.51. The van der Waals surface area contributed by atoms with E-state index in [1.807, 2.05) is 49.5 Å². The predicted octanol–water partition coefficient (Wildman–Crippen LogP) is 8.01. The second kappa shape index (κ2) is 27.4. The molecule has 400 valence electrons. The SMILES string of the molecule is COc1ccc(CC(C)c2c(CCN(C)CCCOC(=O)/C=C\C(=O)OCCC[N+]3(C)CCc4cc(OC)c(OC)c(OC)c4C3Cc3cc(OC)c(OC)c(OC)c3)cc(OC)c(OC)c2OC)cc1OC. The summed E-state index contributed by atoms with van der Waals surface area (Å²) in [5.41, 5.74) is 6.29. The predicted molar refractivity (Wildman–Crippen MR) is 278 cm³/mol. The van der Waals surface area contributed by atoms with Crippen LogP contribution in [0.1, 0.15) is 65.1 Å². The summed E-state index contributed by atoms with van der Waals surface area (Å²) >= 11 is 0. The molecule has 17 heteroatoms. The highest BCUT2D eigenvalue weighted by molar-refractivity contribution is 5.91. The minimum Gasteiger partial charge on any atom is -0.493 e. The lowest BCUT2D eigenvalue weighted by Gasteiger charge is -2.46. The van der Waals surface area contributed by atoms with Gasteiger partial charge in [0.25, 0.3) is 0 Å². The van der Waals surface area contributed by atoms with Crippen molar-refractivity contribution in [1.82, 2.24) is 4.90 Å². The minimum atomic E-state index is -0.625. The van der Waals surface area contributed by atoms with Crippen LogP contribution < -0.4 is 52.1 Å². The quantitative estimate of drug-likeness (QED) is 0.0223. The molecule has 0 aromatic heterocycles. The molecule has 5 rings (SSSR count). The van der Waals surface area contributed by atoms with Crippen LogP contribution in [-0.2, 0) is 44.7 Å². The van der Waals surface area contributed by atoms with Crippen molar-refractivity contribution in [2.45, 2.75) is 57.4 Å². The molecule has 0 N–H and O–H groups in total. The van der Waals surface area contributed by atoms with Crippen molar-refractivity contribution < 1.29 is 75.7 Å². The summed E-state index contributed by atoms with van der Waals surface area (Å²) in [6, 6.07) is 13.8. The molecule has 1 aliphatic rings. The summed E-state index contributed by atoms with van der Waals surface area (Å²) in [4.78, 5) is 27.7. The Hall–Kier alpha value is -6.72. The Morgan fingerprint density at radius 1 is 0.603 bits per heavy atom. The molecule has 0 saturated heterocycles. The molecular weight excluding hydrogens is 941 g/mol. The van der Waals surface area contributed by atoms with Gasteiger partial charge in [0.05, 0.1) is 117 Å². The molecular formula is C56H77N2O15+. The highest BCUT2D eigenvalue weighted by Gasteiger charge is 2.43. The first kappa shape index (κ1) is 57.2. The fourth-order valence-electron chi connectivity index (χ4n) is 9.91. The first-order valence-corrected chi connectivity index (χ1v) is 24.4. The van der Waals surface area contributed by atoms with Gasteiger partial charge in [0.1, 0.15) is 6.04 Å². The Kier molecular flexibility index (Phi) is 21.4. The standard InChI is InChI=1S/C56H77N2O15/c1-36(29-37-17-18-42(61-4)43(31-37)62-5)50-39(34-46(65-8)53(68-11)55(50)70-13)21-24-57(2)23-15-27-72-48(59)19-20-49(60)73-28-16-25-58(3)26-22-40-35-47(66-9)54(69-12)56(71-14)51(40)41(58)30-38-32-44(63-6)52(67-10)45(33-38)64-7/h17-20,31-36,41H,15-16,21-30H2,1-14H3/q+1/b20-19-. The average molecular weight is 1020 g/mol. The zero-order valence-electron chi connectivity index (χ0n) is 45.4. The summed E-state index contributed by atoms with van der Waals surface area (Å²) in [5.74, 6) is 5.27. The van der Waals surface area contributed by atoms with Gasteiger partial charge in [0, 0.05) is 50.1 Å². The molecule has 0 saturated carbocycles. The maximum Gasteiger partial charge on any atom is 0.331 e. The maximum atomic E-state index is 12.8. The molecule has 0 radical (unpaired) electrons. The summed E-state index contributed by atoms with van der Waals surface area (Å²) in [6.07, 6.45) is 6.13. The van der Waals surface area contributed by atoms with Crippen molar-refractivity contribution in [3.8, 4) is 63.2 Å². The van der Waals surface area contributed by atoms with Crippen LogP contribution >= 0.6 is 0 Å². The van der Waals surface area contributed by atoms with Crippen LogP contribution in [0.2, 0.25) is 0 Å². The van der Waals surface area contributed by atoms with E-state index in [1.165, 1.54) is 0 Å². The molecule has 0 bridgehead atoms. The van der Waals surface area contributed by atoms with Crippen LogP contribution in [0.3, 0.4) is 0 Å². The van der Waals surface area contributed by atoms with Crippen molar-refractivity contribution in [3.05, 3.63) is 88.0 Å². The molecule has 4 aromatic carbocycles. The maximum absolute atomic E-state index is 12.8. The number of methoxy groups -OCH3 is 11. The molecule has 3 unspecified atom stereocenters. The molecule has 0 fully saturated rings. The summed E-state index contributed by atoms with van der Waals surface area (Å²) in [6.45, 7) is 5.35. The van der Waals surface area contributed by atoms with Crippen LogP contribution in [0.5, 0.6) is 63.2 Å². The van der Waals surface area contributed by atoms with E-state index in [1.54, 1.807) is 78.2 Å².